The normalized spacial score (nSPS) is 22.8. The van der Waals surface area contributed by atoms with Gasteiger partial charge in [0, 0.05) is 46.7 Å². The molecule has 1 aliphatic rings. The number of hydrogen-bond acceptors (Lipinski definition) is 13. The number of cyclic esters (lactones) is 4. The molecule has 0 aliphatic carbocycles. The number of benzene rings is 2. The molecule has 1 heterocycles. The zero-order chi connectivity index (χ0) is 39.4. The van der Waals surface area contributed by atoms with Crippen LogP contribution in [-0.2, 0) is 70.1 Å². The van der Waals surface area contributed by atoms with Crippen molar-refractivity contribution in [3.05, 3.63) is 65.7 Å². The first-order valence-electron chi connectivity index (χ1n) is 16.6. The lowest BCUT2D eigenvalue weighted by molar-refractivity contribution is -0.169. The molecule has 286 valence electrons. The van der Waals surface area contributed by atoms with Gasteiger partial charge in [0.2, 0.25) is 0 Å². The average Bonchev–Trinajstić information content (AvgIpc) is 3.10. The number of nitrogen functional groups attached to an aromatic ring is 1. The molecule has 0 spiro atoms. The quantitative estimate of drug-likeness (QED) is 0.240. The van der Waals surface area contributed by atoms with E-state index in [-0.39, 0.29) is 12.8 Å². The zero-order valence-corrected chi connectivity index (χ0v) is 30.5. The Bertz CT molecular complexity index is 1670. The fourth-order valence-electron chi connectivity index (χ4n) is 5.21. The van der Waals surface area contributed by atoms with E-state index in [9.17, 15) is 38.4 Å². The van der Waals surface area contributed by atoms with E-state index in [0.717, 1.165) is 19.6 Å². The van der Waals surface area contributed by atoms with Crippen LogP contribution in [0.1, 0.15) is 25.0 Å². The lowest BCUT2D eigenvalue weighted by Crippen LogP contribution is -2.47. The third-order valence-corrected chi connectivity index (χ3v) is 8.04. The monoisotopic (exact) mass is 739 g/mol. The van der Waals surface area contributed by atoms with Gasteiger partial charge in [0.1, 0.15) is 26.2 Å². The van der Waals surface area contributed by atoms with Gasteiger partial charge in [0.15, 0.2) is 24.4 Å². The lowest BCUT2D eigenvalue weighted by Gasteiger charge is -2.27. The summed E-state index contributed by atoms with van der Waals surface area (Å²) in [6.07, 6.45) is -5.86. The summed E-state index contributed by atoms with van der Waals surface area (Å²) < 4.78 is 21.5. The predicted octanol–water partition coefficient (Wildman–Crippen LogP) is -0.412. The summed E-state index contributed by atoms with van der Waals surface area (Å²) in [7, 11) is 5.07. The largest absolute Gasteiger partial charge is 0.451 e. The summed E-state index contributed by atoms with van der Waals surface area (Å²) in [6, 6.07) is 15.0. The molecule has 2 N–H and O–H groups in total. The number of nitrogens with two attached hydrogens (primary N) is 1. The zero-order valence-electron chi connectivity index (χ0n) is 30.5. The smallest absolute Gasteiger partial charge is 0.326 e. The number of carbonyl (C=O) groups excluding carboxylic acids is 8. The number of likely N-dealkylation sites (N-methyl/N-ethyl adjacent to an activating group) is 4. The molecule has 0 unspecified atom stereocenters. The summed E-state index contributed by atoms with van der Waals surface area (Å²) in [5.41, 5.74) is 7.42. The van der Waals surface area contributed by atoms with Crippen LogP contribution in [0.3, 0.4) is 0 Å². The molecular weight excluding hydrogens is 694 g/mol. The molecule has 0 radical (unpaired) electrons. The van der Waals surface area contributed by atoms with E-state index < -0.39 is 98.1 Å². The van der Waals surface area contributed by atoms with Gasteiger partial charge in [0.25, 0.3) is 23.6 Å². The molecule has 0 bridgehead atoms. The number of carbonyl (C=O) groups is 8. The topological polar surface area (TPSA) is 212 Å². The van der Waals surface area contributed by atoms with Crippen molar-refractivity contribution >= 4 is 53.2 Å². The summed E-state index contributed by atoms with van der Waals surface area (Å²) in [6.45, 7) is -0.00226. The third kappa shape index (κ3) is 12.6. The molecule has 3 rings (SSSR count). The van der Waals surface area contributed by atoms with Crippen molar-refractivity contribution in [2.24, 2.45) is 0 Å². The summed E-state index contributed by atoms with van der Waals surface area (Å²) in [5, 5.41) is 0. The molecule has 0 saturated carbocycles. The predicted molar refractivity (Wildman–Crippen MR) is 186 cm³/mol. The molecule has 4 amide bonds. The van der Waals surface area contributed by atoms with Crippen molar-refractivity contribution in [2.75, 3.05) is 60.1 Å². The molecule has 1 saturated heterocycles. The summed E-state index contributed by atoms with van der Waals surface area (Å²) in [5.74, 6) is -7.02. The van der Waals surface area contributed by atoms with Gasteiger partial charge in [-0.25, -0.2) is 0 Å². The van der Waals surface area contributed by atoms with Crippen molar-refractivity contribution in [1.82, 2.24) is 19.6 Å². The minimum Gasteiger partial charge on any atom is -0.451 e. The Morgan fingerprint density at radius 3 is 1.19 bits per heavy atom. The highest BCUT2D eigenvalue weighted by atomic mass is 16.6. The van der Waals surface area contributed by atoms with Crippen LogP contribution in [-0.4, -0.2) is 146 Å². The van der Waals surface area contributed by atoms with Crippen molar-refractivity contribution < 1.29 is 57.3 Å². The Labute approximate surface area is 306 Å². The van der Waals surface area contributed by atoms with Gasteiger partial charge in [-0.2, -0.15) is 0 Å². The maximum absolute atomic E-state index is 13.5. The van der Waals surface area contributed by atoms with E-state index in [1.165, 1.54) is 42.0 Å². The number of esters is 4. The van der Waals surface area contributed by atoms with Crippen LogP contribution in [0, 0.1) is 0 Å². The number of ether oxygens (including phenoxy) is 4. The minimum absolute atomic E-state index is 0.0701. The van der Waals surface area contributed by atoms with Crippen molar-refractivity contribution in [2.45, 2.75) is 51.1 Å². The lowest BCUT2D eigenvalue weighted by atomic mass is 10.1. The molecule has 17 nitrogen and oxygen atoms in total. The van der Waals surface area contributed by atoms with Crippen LogP contribution >= 0.6 is 0 Å². The second-order valence-electron chi connectivity index (χ2n) is 12.6. The van der Waals surface area contributed by atoms with Crippen LogP contribution in [0.25, 0.3) is 0 Å². The first kappa shape index (κ1) is 41.4. The average molecular weight is 740 g/mol. The minimum atomic E-state index is -1.46. The SMILES string of the molecule is C[C@H]1OC(=O)CN(C)C(=O)[C@@H](Cc2ccccc2)OC(=O)CN(C)C(=O)[C@@H](C)OC(=O)CN(C)C(=O)[C@@H](Cc2ccc(N)cc2)OC(=O)CN(C)C1=O. The molecular formula is C36H45N5O12. The van der Waals surface area contributed by atoms with Gasteiger partial charge in [-0.3, -0.25) is 38.4 Å². The molecule has 17 heteroatoms. The van der Waals surface area contributed by atoms with Crippen molar-refractivity contribution in [3.63, 3.8) is 0 Å². The number of amides is 4. The molecule has 53 heavy (non-hydrogen) atoms. The molecule has 4 atom stereocenters. The van der Waals surface area contributed by atoms with E-state index in [0.29, 0.717) is 16.8 Å². The van der Waals surface area contributed by atoms with E-state index in [1.807, 2.05) is 0 Å². The maximum atomic E-state index is 13.5. The highest BCUT2D eigenvalue weighted by Gasteiger charge is 2.33. The highest BCUT2D eigenvalue weighted by Crippen LogP contribution is 2.14. The molecule has 2 aromatic carbocycles. The maximum Gasteiger partial charge on any atom is 0.326 e. The number of hydrogen-bond donors (Lipinski definition) is 1. The Hall–Kier alpha value is -6.00. The van der Waals surface area contributed by atoms with Gasteiger partial charge >= 0.3 is 23.9 Å². The number of nitrogens with zero attached hydrogens (tertiary/aromatic N) is 4. The van der Waals surface area contributed by atoms with E-state index in [4.69, 9.17) is 24.7 Å². The van der Waals surface area contributed by atoms with Gasteiger partial charge in [-0.15, -0.1) is 0 Å². The van der Waals surface area contributed by atoms with Crippen LogP contribution in [0.5, 0.6) is 0 Å². The fourth-order valence-corrected chi connectivity index (χ4v) is 5.21. The van der Waals surface area contributed by atoms with E-state index in [2.05, 4.69) is 0 Å². The second-order valence-corrected chi connectivity index (χ2v) is 12.6. The Morgan fingerprint density at radius 1 is 0.491 bits per heavy atom. The van der Waals surface area contributed by atoms with Crippen LogP contribution < -0.4 is 5.73 Å². The van der Waals surface area contributed by atoms with E-state index >= 15 is 0 Å². The highest BCUT2D eigenvalue weighted by molar-refractivity contribution is 5.92. The van der Waals surface area contributed by atoms with Gasteiger partial charge < -0.3 is 44.3 Å². The number of anilines is 1. The van der Waals surface area contributed by atoms with Gasteiger partial charge in [-0.1, -0.05) is 42.5 Å². The second kappa shape index (κ2) is 19.0. The third-order valence-electron chi connectivity index (χ3n) is 8.04. The van der Waals surface area contributed by atoms with Crippen LogP contribution in [0.4, 0.5) is 5.69 Å². The first-order chi connectivity index (χ1) is 24.9. The molecule has 2 aromatic rings. The molecule has 1 aliphatic heterocycles. The van der Waals surface area contributed by atoms with Gasteiger partial charge in [-0.05, 0) is 37.1 Å². The Balaban J connectivity index is 1.88. The summed E-state index contributed by atoms with van der Waals surface area (Å²) in [4.78, 5) is 109. The van der Waals surface area contributed by atoms with Crippen LogP contribution in [0.15, 0.2) is 54.6 Å². The number of rotatable bonds is 4. The first-order valence-corrected chi connectivity index (χ1v) is 16.6. The standard InChI is InChI=1S/C36H45N5O12/c1-22-33(46)38(3)20-31(44)52-27(16-24-10-8-7-9-11-24)35(48)40(5)18-29(42)50-23(2)34(47)39(4)21-32(45)53-28(17-25-12-14-26(37)15-13-25)36(49)41(6)19-30(43)51-22/h7-15,22-23,27-28H,16-21,37H2,1-6H3/t22-,23-,27-,28-/m1/s1. The van der Waals surface area contributed by atoms with Crippen molar-refractivity contribution in [3.8, 4) is 0 Å². The molecule has 1 fully saturated rings. The summed E-state index contributed by atoms with van der Waals surface area (Å²) >= 11 is 0. The van der Waals surface area contributed by atoms with Gasteiger partial charge in [0.05, 0.1) is 0 Å². The molecule has 0 aromatic heterocycles. The van der Waals surface area contributed by atoms with E-state index in [1.54, 1.807) is 54.6 Å². The van der Waals surface area contributed by atoms with Crippen molar-refractivity contribution in [1.29, 1.82) is 0 Å². The Morgan fingerprint density at radius 2 is 0.811 bits per heavy atom. The van der Waals surface area contributed by atoms with Crippen LogP contribution in [0.2, 0.25) is 0 Å². The fraction of sp³-hybridized carbons (Fsp3) is 0.444. The Kier molecular flexibility index (Phi) is 14.9.